The highest BCUT2D eigenvalue weighted by Gasteiger charge is 2.42. The number of ether oxygens (including phenoxy) is 1. The summed E-state index contributed by atoms with van der Waals surface area (Å²) in [6.07, 6.45) is 13.4. The van der Waals surface area contributed by atoms with Gasteiger partial charge in [0.15, 0.2) is 0 Å². The standard InChI is InChI=1S/C30H40N4O5S.C29H38N4O5S/c1-39-29(38)25(14-17-40-2)32-27(36)19-34(18-22-10-7-9-21-8-3-4-11-23(21)22)20-30(15-5-6-16-30)33-28(37)24-12-13-26(35)31-24;1-39-16-13-24(28(37)38)31-26(35)18-33(17-21-9-6-8-20-7-2-3-10-22(20)21)19-29(14-4-5-15-29)32-27(36)23-11-12-25(34)30-23/h3-4,7-11,24-25H,5-6,12-20H2,1-2H3,(H,31,35)(H,32,36)(H,33,37);2-3,6-10,23-24H,4-5,11-19H2,1H3,(H,30,34)(H,31,35)(H,32,36)(H,37,38)/t24-,25-;23-,24-/m00/s1. The molecule has 6 amide bonds. The SMILES string of the molecule is COC(=O)[C@H](CCSC)NC(=O)CN(Cc1cccc2ccccc12)CC1(NC(=O)[C@@H]2CCC(=O)N2)CCCC1.CSCC[C@H](NC(=O)CN(Cc1cccc2ccccc12)CC1(NC(=O)[C@@H]2CCC(=O)N2)CCCC1)C(=O)O. The van der Waals surface area contributed by atoms with Gasteiger partial charge < -0.3 is 41.7 Å². The van der Waals surface area contributed by atoms with Crippen molar-refractivity contribution in [1.29, 1.82) is 0 Å². The number of nitrogens with zero attached hydrogens (tertiary/aromatic N) is 2. The van der Waals surface area contributed by atoms with Crippen molar-refractivity contribution in [3.05, 3.63) is 96.1 Å². The largest absolute Gasteiger partial charge is 0.480 e. The van der Waals surface area contributed by atoms with Crippen molar-refractivity contribution in [2.24, 2.45) is 0 Å². The molecule has 4 aliphatic rings. The number of aliphatic carboxylic acids is 1. The lowest BCUT2D eigenvalue weighted by molar-refractivity contribution is -0.145. The number of nitrogens with one attached hydrogen (secondary N) is 6. The van der Waals surface area contributed by atoms with E-state index in [2.05, 4.69) is 67.1 Å². The molecule has 7 N–H and O–H groups in total. The second kappa shape index (κ2) is 29.3. The minimum absolute atomic E-state index is 0.00402. The average Bonchev–Trinajstić information content (AvgIpc) is 4.35. The molecule has 4 aromatic rings. The van der Waals surface area contributed by atoms with E-state index in [0.717, 1.165) is 84.0 Å². The Kier molecular flexibility index (Phi) is 22.4. The molecule has 18 nitrogen and oxygen atoms in total. The molecule has 426 valence electrons. The van der Waals surface area contributed by atoms with Gasteiger partial charge in [-0.15, -0.1) is 0 Å². The van der Waals surface area contributed by atoms with Crippen molar-refractivity contribution in [2.75, 3.05) is 57.3 Å². The number of benzene rings is 4. The molecular weight excluding hydrogens is 1040 g/mol. The van der Waals surface area contributed by atoms with E-state index in [-0.39, 0.29) is 48.5 Å². The number of carbonyl (C=O) groups excluding carboxylic acids is 7. The lowest BCUT2D eigenvalue weighted by Crippen LogP contribution is -2.58. The molecule has 0 aromatic heterocycles. The molecule has 2 heterocycles. The van der Waals surface area contributed by atoms with Crippen molar-refractivity contribution in [3.8, 4) is 0 Å². The van der Waals surface area contributed by atoms with Gasteiger partial charge in [0.2, 0.25) is 35.4 Å². The summed E-state index contributed by atoms with van der Waals surface area (Å²) >= 11 is 3.14. The van der Waals surface area contributed by atoms with Crippen molar-refractivity contribution >= 4 is 92.5 Å². The van der Waals surface area contributed by atoms with Crippen LogP contribution in [-0.2, 0) is 56.2 Å². The third-order valence-corrected chi connectivity index (χ3v) is 16.8. The molecule has 4 atom stereocenters. The first-order chi connectivity index (χ1) is 38.1. The van der Waals surface area contributed by atoms with E-state index >= 15 is 0 Å². The third kappa shape index (κ3) is 17.4. The fraction of sp³-hybridized carbons (Fsp3) is 0.525. The van der Waals surface area contributed by atoms with Crippen LogP contribution >= 0.6 is 23.5 Å². The number of thioether (sulfide) groups is 2. The average molecular weight is 1120 g/mol. The molecule has 0 radical (unpaired) electrons. The number of fused-ring (bicyclic) bond motifs is 2. The topological polar surface area (TPSA) is 245 Å². The molecule has 0 spiro atoms. The highest BCUT2D eigenvalue weighted by molar-refractivity contribution is 7.98. The van der Waals surface area contributed by atoms with E-state index in [4.69, 9.17) is 4.74 Å². The first-order valence-electron chi connectivity index (χ1n) is 27.6. The first kappa shape index (κ1) is 60.4. The predicted octanol–water partition coefficient (Wildman–Crippen LogP) is 5.43. The van der Waals surface area contributed by atoms with Gasteiger partial charge in [0.05, 0.1) is 31.3 Å². The van der Waals surface area contributed by atoms with Gasteiger partial charge in [-0.1, -0.05) is 111 Å². The second-order valence-corrected chi connectivity index (χ2v) is 23.5. The molecule has 79 heavy (non-hydrogen) atoms. The van der Waals surface area contributed by atoms with Crippen LogP contribution in [0.5, 0.6) is 0 Å². The van der Waals surface area contributed by atoms with Gasteiger partial charge in [-0.05, 0) is 108 Å². The number of rotatable bonds is 26. The summed E-state index contributed by atoms with van der Waals surface area (Å²) < 4.78 is 4.93. The highest BCUT2D eigenvalue weighted by atomic mass is 32.2. The summed E-state index contributed by atoms with van der Waals surface area (Å²) in [6.45, 7) is 1.95. The maximum absolute atomic E-state index is 13.3. The Morgan fingerprint density at radius 3 is 1.42 bits per heavy atom. The second-order valence-electron chi connectivity index (χ2n) is 21.5. The summed E-state index contributed by atoms with van der Waals surface area (Å²) in [4.78, 5) is 104. The fourth-order valence-corrected chi connectivity index (χ4v) is 12.6. The van der Waals surface area contributed by atoms with Crippen molar-refractivity contribution < 1.29 is 48.2 Å². The zero-order valence-corrected chi connectivity index (χ0v) is 47.4. The quantitative estimate of drug-likeness (QED) is 0.0388. The van der Waals surface area contributed by atoms with Gasteiger partial charge in [-0.25, -0.2) is 9.59 Å². The molecule has 0 unspecified atom stereocenters. The fourth-order valence-electron chi connectivity index (χ4n) is 11.6. The summed E-state index contributed by atoms with van der Waals surface area (Å²) in [5, 5.41) is 31.7. The molecule has 2 aliphatic carbocycles. The van der Waals surface area contributed by atoms with Crippen LogP contribution in [0.25, 0.3) is 21.5 Å². The predicted molar refractivity (Wildman–Crippen MR) is 309 cm³/mol. The summed E-state index contributed by atoms with van der Waals surface area (Å²) in [5.41, 5.74) is 1.11. The van der Waals surface area contributed by atoms with Gasteiger partial charge in [-0.3, -0.25) is 38.6 Å². The lowest BCUT2D eigenvalue weighted by Gasteiger charge is -2.37. The molecule has 8 rings (SSSR count). The number of carboxylic acids is 1. The van der Waals surface area contributed by atoms with Crippen molar-refractivity contribution in [1.82, 2.24) is 41.7 Å². The zero-order chi connectivity index (χ0) is 56.4. The Hall–Kier alpha value is -6.22. The van der Waals surface area contributed by atoms with E-state index in [1.165, 1.54) is 18.9 Å². The number of hydrogen-bond donors (Lipinski definition) is 7. The van der Waals surface area contributed by atoms with Crippen LogP contribution in [0.3, 0.4) is 0 Å². The Morgan fingerprint density at radius 1 is 0.620 bits per heavy atom. The Morgan fingerprint density at radius 2 is 1.03 bits per heavy atom. The number of carbonyl (C=O) groups is 8. The molecule has 4 aromatic carbocycles. The monoisotopic (exact) mass is 1120 g/mol. The number of esters is 1. The van der Waals surface area contributed by atoms with Crippen LogP contribution in [0.1, 0.15) is 101 Å². The van der Waals surface area contributed by atoms with Gasteiger partial charge >= 0.3 is 11.9 Å². The summed E-state index contributed by atoms with van der Waals surface area (Å²) in [6, 6.07) is 25.8. The molecular formula is C59H78N8O10S2. The Balaban J connectivity index is 0.000000229. The van der Waals surface area contributed by atoms with E-state index in [1.807, 2.05) is 72.0 Å². The van der Waals surface area contributed by atoms with Gasteiger partial charge in [0.1, 0.15) is 24.2 Å². The van der Waals surface area contributed by atoms with E-state index in [9.17, 15) is 43.5 Å². The van der Waals surface area contributed by atoms with Crippen molar-refractivity contribution in [3.63, 3.8) is 0 Å². The van der Waals surface area contributed by atoms with Gasteiger partial charge in [0, 0.05) is 39.0 Å². The van der Waals surface area contributed by atoms with Crippen LogP contribution in [0.4, 0.5) is 0 Å². The summed E-state index contributed by atoms with van der Waals surface area (Å²) in [7, 11) is 1.33. The molecule has 0 bridgehead atoms. The van der Waals surface area contributed by atoms with Crippen molar-refractivity contribution in [2.45, 2.75) is 138 Å². The molecule has 4 fully saturated rings. The molecule has 2 aliphatic heterocycles. The normalized spacial score (nSPS) is 19.0. The molecule has 2 saturated carbocycles. The van der Waals surface area contributed by atoms with Gasteiger partial charge in [0.25, 0.3) is 0 Å². The third-order valence-electron chi connectivity index (χ3n) is 15.5. The number of carboxylic acid groups (broad SMARTS) is 1. The van der Waals surface area contributed by atoms with Crippen LogP contribution in [0.2, 0.25) is 0 Å². The Labute approximate surface area is 471 Å². The minimum Gasteiger partial charge on any atom is -0.480 e. The Bertz CT molecular complexity index is 2780. The van der Waals surface area contributed by atoms with Crippen LogP contribution in [0, 0.1) is 0 Å². The first-order valence-corrected chi connectivity index (χ1v) is 30.4. The van der Waals surface area contributed by atoms with E-state index < -0.39 is 47.2 Å². The minimum atomic E-state index is -1.05. The maximum atomic E-state index is 13.3. The smallest absolute Gasteiger partial charge is 0.328 e. The zero-order valence-electron chi connectivity index (χ0n) is 45.8. The van der Waals surface area contributed by atoms with Crippen LogP contribution in [0.15, 0.2) is 84.9 Å². The van der Waals surface area contributed by atoms with Crippen LogP contribution < -0.4 is 31.9 Å². The maximum Gasteiger partial charge on any atom is 0.328 e. The van der Waals surface area contributed by atoms with E-state index in [1.54, 1.807) is 11.8 Å². The highest BCUT2D eigenvalue weighted by Crippen LogP contribution is 2.34. The number of methoxy groups -OCH3 is 1. The lowest BCUT2D eigenvalue weighted by atomic mass is 9.95. The number of amides is 6. The molecule has 2 saturated heterocycles. The van der Waals surface area contributed by atoms with E-state index in [0.29, 0.717) is 76.2 Å². The van der Waals surface area contributed by atoms with Gasteiger partial charge in [-0.2, -0.15) is 23.5 Å². The summed E-state index contributed by atoms with van der Waals surface area (Å²) in [5.74, 6) is -1.33. The molecule has 20 heteroatoms. The number of hydrogen-bond acceptors (Lipinski definition) is 13. The van der Waals surface area contributed by atoms with Crippen LogP contribution in [-0.4, -0.2) is 155 Å².